The minimum Gasteiger partial charge on any atom is -0.486 e. The molecule has 0 radical (unpaired) electrons. The number of Topliss-reactive ketones (excluding diaryl/α,β-unsaturated/α-hetero) is 1. The number of fused-ring (bicyclic) bond motifs is 6. The number of carbonyl (C=O) groups is 3. The van der Waals surface area contributed by atoms with Crippen molar-refractivity contribution in [1.29, 1.82) is 0 Å². The number of nitrogens with zero attached hydrogens (tertiary/aromatic N) is 3. The van der Waals surface area contributed by atoms with Gasteiger partial charge in [0.2, 0.25) is 11.8 Å². The molecule has 7 rings (SSSR count). The Morgan fingerprint density at radius 2 is 1.67 bits per heavy atom. The van der Waals surface area contributed by atoms with Gasteiger partial charge in [-0.3, -0.25) is 24.5 Å². The molecule has 4 aliphatic heterocycles. The highest BCUT2D eigenvalue weighted by atomic mass is 16.6. The van der Waals surface area contributed by atoms with Gasteiger partial charge in [-0.05, 0) is 23.8 Å². The van der Waals surface area contributed by atoms with Crippen molar-refractivity contribution in [1.82, 2.24) is 0 Å². The Morgan fingerprint density at radius 3 is 2.49 bits per heavy atom. The molecule has 2 saturated heterocycles. The molecule has 0 aromatic heterocycles. The summed E-state index contributed by atoms with van der Waals surface area (Å²) >= 11 is 0. The molecule has 39 heavy (non-hydrogen) atoms. The summed E-state index contributed by atoms with van der Waals surface area (Å²) in [5, 5.41) is 11.4. The standard InChI is InChI=1S/C29H21N3O7/c33-27(17-5-3-6-19(14-17)32(36)37)26-25-24(21-10-8-16-4-1-2-7-20(16)31(21)26)28(34)30(29(25)35)18-9-11-22-23(15-18)39-13-12-38-22/h1-11,14-15,21,24-26H,12-13H2/t21-,24+,25+,26-/m0/s1. The highest BCUT2D eigenvalue weighted by molar-refractivity contribution is 6.25. The van der Waals surface area contributed by atoms with Crippen LogP contribution in [0.25, 0.3) is 6.08 Å². The number of ketones is 1. The second-order valence-corrected chi connectivity index (χ2v) is 9.82. The number of non-ortho nitro benzene ring substituents is 1. The molecule has 0 unspecified atom stereocenters. The molecule has 2 amide bonds. The van der Waals surface area contributed by atoms with Crippen LogP contribution >= 0.6 is 0 Å². The lowest BCUT2D eigenvalue weighted by Gasteiger charge is -2.36. The van der Waals surface area contributed by atoms with Gasteiger partial charge in [-0.15, -0.1) is 0 Å². The maximum absolute atomic E-state index is 14.1. The van der Waals surface area contributed by atoms with E-state index in [1.54, 1.807) is 18.2 Å². The predicted octanol–water partition coefficient (Wildman–Crippen LogP) is 3.64. The van der Waals surface area contributed by atoms with Crippen LogP contribution in [0.5, 0.6) is 11.5 Å². The van der Waals surface area contributed by atoms with Gasteiger partial charge < -0.3 is 14.4 Å². The number of nitro groups is 1. The third-order valence-corrected chi connectivity index (χ3v) is 7.81. The first-order chi connectivity index (χ1) is 18.9. The third kappa shape index (κ3) is 3.37. The first-order valence-corrected chi connectivity index (χ1v) is 12.6. The van der Waals surface area contributed by atoms with Crippen LogP contribution in [-0.2, 0) is 9.59 Å². The highest BCUT2D eigenvalue weighted by Crippen LogP contribution is 2.50. The molecule has 194 valence electrons. The first-order valence-electron chi connectivity index (χ1n) is 12.6. The number of rotatable bonds is 4. The number of imide groups is 1. The van der Waals surface area contributed by atoms with Gasteiger partial charge in [0, 0.05) is 29.4 Å². The van der Waals surface area contributed by atoms with Crippen LogP contribution in [0, 0.1) is 22.0 Å². The normalized spacial score (nSPS) is 24.3. The number of nitro benzene ring substituents is 1. The van der Waals surface area contributed by atoms with Gasteiger partial charge >= 0.3 is 0 Å². The van der Waals surface area contributed by atoms with Gasteiger partial charge in [0.15, 0.2) is 17.3 Å². The van der Waals surface area contributed by atoms with Crippen molar-refractivity contribution >= 4 is 40.7 Å². The fourth-order valence-electron chi connectivity index (χ4n) is 6.18. The van der Waals surface area contributed by atoms with Crippen molar-refractivity contribution < 1.29 is 28.8 Å². The van der Waals surface area contributed by atoms with Crippen LogP contribution in [0.1, 0.15) is 15.9 Å². The number of ether oxygens (including phenoxy) is 2. The van der Waals surface area contributed by atoms with Crippen molar-refractivity contribution in [2.75, 3.05) is 23.0 Å². The summed E-state index contributed by atoms with van der Waals surface area (Å²) in [5.74, 6) is -2.19. The molecule has 3 aromatic rings. The van der Waals surface area contributed by atoms with Gasteiger partial charge in [-0.25, -0.2) is 4.90 Å². The minimum atomic E-state index is -1.04. The van der Waals surface area contributed by atoms with Crippen LogP contribution in [0.2, 0.25) is 0 Å². The van der Waals surface area contributed by atoms with E-state index < -0.39 is 46.4 Å². The summed E-state index contributed by atoms with van der Waals surface area (Å²) in [5.41, 5.74) is 1.82. The fraction of sp³-hybridized carbons (Fsp3) is 0.207. The summed E-state index contributed by atoms with van der Waals surface area (Å²) in [6.45, 7) is 0.759. The second kappa shape index (κ2) is 8.52. The van der Waals surface area contributed by atoms with E-state index in [4.69, 9.17) is 9.47 Å². The Balaban J connectivity index is 1.34. The average Bonchev–Trinajstić information content (AvgIpc) is 3.44. The molecule has 4 aliphatic rings. The highest BCUT2D eigenvalue weighted by Gasteiger charge is 2.64. The van der Waals surface area contributed by atoms with E-state index in [0.29, 0.717) is 30.4 Å². The summed E-state index contributed by atoms with van der Waals surface area (Å²) in [6.07, 6.45) is 3.76. The smallest absolute Gasteiger partial charge is 0.270 e. The second-order valence-electron chi connectivity index (χ2n) is 9.82. The topological polar surface area (TPSA) is 119 Å². The van der Waals surface area contributed by atoms with Gasteiger partial charge in [-0.2, -0.15) is 0 Å². The van der Waals surface area contributed by atoms with Crippen LogP contribution < -0.4 is 19.3 Å². The summed E-state index contributed by atoms with van der Waals surface area (Å²) < 4.78 is 11.2. The van der Waals surface area contributed by atoms with Crippen molar-refractivity contribution in [3.05, 3.63) is 94.0 Å². The fourth-order valence-corrected chi connectivity index (χ4v) is 6.18. The van der Waals surface area contributed by atoms with E-state index in [1.807, 2.05) is 41.3 Å². The molecule has 10 heteroatoms. The third-order valence-electron chi connectivity index (χ3n) is 7.81. The quantitative estimate of drug-likeness (QED) is 0.220. The molecule has 2 fully saturated rings. The number of amides is 2. The van der Waals surface area contributed by atoms with Crippen molar-refractivity contribution in [3.63, 3.8) is 0 Å². The molecule has 0 N–H and O–H groups in total. The van der Waals surface area contributed by atoms with Gasteiger partial charge in [0.25, 0.3) is 5.69 Å². The van der Waals surface area contributed by atoms with Gasteiger partial charge in [0.05, 0.1) is 28.5 Å². The Bertz CT molecular complexity index is 1620. The van der Waals surface area contributed by atoms with Crippen LogP contribution in [-0.4, -0.2) is 47.8 Å². The van der Waals surface area contributed by atoms with Gasteiger partial charge in [-0.1, -0.05) is 42.5 Å². The number of benzene rings is 3. The minimum absolute atomic E-state index is 0.110. The average molecular weight is 524 g/mol. The lowest BCUT2D eigenvalue weighted by atomic mass is 9.86. The summed E-state index contributed by atoms with van der Waals surface area (Å²) in [4.78, 5) is 55.9. The molecule has 0 aliphatic carbocycles. The van der Waals surface area contributed by atoms with E-state index in [9.17, 15) is 24.5 Å². The van der Waals surface area contributed by atoms with Crippen LogP contribution in [0.15, 0.2) is 72.8 Å². The molecule has 0 bridgehead atoms. The summed E-state index contributed by atoms with van der Waals surface area (Å²) in [7, 11) is 0. The van der Waals surface area contributed by atoms with Crippen LogP contribution in [0.3, 0.4) is 0 Å². The van der Waals surface area contributed by atoms with E-state index >= 15 is 0 Å². The van der Waals surface area contributed by atoms with Crippen molar-refractivity contribution in [2.45, 2.75) is 12.1 Å². The lowest BCUT2D eigenvalue weighted by Crippen LogP contribution is -2.48. The number of anilines is 2. The van der Waals surface area contributed by atoms with E-state index in [2.05, 4.69) is 0 Å². The SMILES string of the molecule is O=C(c1cccc([N+](=O)[O-])c1)[C@@H]1[C@@H]2C(=O)N(c3ccc4c(c3)OCCO4)C(=O)[C@@H]2[C@@H]2C=Cc3ccccc3N12. The predicted molar refractivity (Wildman–Crippen MR) is 140 cm³/mol. The monoisotopic (exact) mass is 523 g/mol. The van der Waals surface area contributed by atoms with Crippen molar-refractivity contribution in [2.24, 2.45) is 11.8 Å². The molecule has 0 spiro atoms. The lowest BCUT2D eigenvalue weighted by molar-refractivity contribution is -0.384. The zero-order valence-electron chi connectivity index (χ0n) is 20.4. The Morgan fingerprint density at radius 1 is 0.897 bits per heavy atom. The van der Waals surface area contributed by atoms with Gasteiger partial charge in [0.1, 0.15) is 19.3 Å². The maximum Gasteiger partial charge on any atom is 0.270 e. The summed E-state index contributed by atoms with van der Waals surface area (Å²) in [6, 6.07) is 16.3. The van der Waals surface area contributed by atoms with E-state index in [1.165, 1.54) is 24.3 Å². The molecule has 10 nitrogen and oxygen atoms in total. The molecule has 0 saturated carbocycles. The molecular formula is C29H21N3O7. The number of hydrogen-bond acceptors (Lipinski definition) is 8. The Hall–Kier alpha value is -4.99. The zero-order chi connectivity index (χ0) is 26.8. The zero-order valence-corrected chi connectivity index (χ0v) is 20.4. The number of carbonyl (C=O) groups excluding carboxylic acids is 3. The van der Waals surface area contributed by atoms with E-state index in [0.717, 1.165) is 16.2 Å². The molecular weight excluding hydrogens is 502 g/mol. The largest absolute Gasteiger partial charge is 0.486 e. The Labute approximate surface area is 222 Å². The van der Waals surface area contributed by atoms with E-state index in [-0.39, 0.29) is 11.3 Å². The first kappa shape index (κ1) is 23.2. The molecule has 3 aromatic carbocycles. The molecule has 4 heterocycles. The number of para-hydroxylation sites is 1. The Kier molecular flexibility index (Phi) is 5.06. The maximum atomic E-state index is 14.1. The van der Waals surface area contributed by atoms with Crippen molar-refractivity contribution in [3.8, 4) is 11.5 Å². The number of hydrogen-bond donors (Lipinski definition) is 0. The van der Waals surface area contributed by atoms with Crippen LogP contribution in [0.4, 0.5) is 17.1 Å². The molecule has 4 atom stereocenters.